The molecule has 0 saturated carbocycles. The number of rotatable bonds is 4. The van der Waals surface area contributed by atoms with Crippen LogP contribution in [0.5, 0.6) is 0 Å². The van der Waals surface area contributed by atoms with E-state index in [0.717, 1.165) is 18.4 Å². The Morgan fingerprint density at radius 2 is 2.09 bits per heavy atom. The molecule has 1 aromatic rings. The van der Waals surface area contributed by atoms with E-state index in [1.165, 1.54) is 0 Å². The van der Waals surface area contributed by atoms with E-state index in [1.54, 1.807) is 12.1 Å². The van der Waals surface area contributed by atoms with Gasteiger partial charge in [-0.3, -0.25) is 0 Å². The van der Waals surface area contributed by atoms with Gasteiger partial charge in [0.2, 0.25) is 10.0 Å². The summed E-state index contributed by atoms with van der Waals surface area (Å²) in [5, 5.41) is 4.25. The van der Waals surface area contributed by atoms with Crippen LogP contribution in [0.3, 0.4) is 0 Å². The summed E-state index contributed by atoms with van der Waals surface area (Å²) in [6.07, 6.45) is 0.878. The Morgan fingerprint density at radius 1 is 1.36 bits per heavy atom. The second kappa shape index (κ2) is 8.68. The number of halogens is 3. The van der Waals surface area contributed by atoms with Gasteiger partial charge in [0.15, 0.2) is 0 Å². The van der Waals surface area contributed by atoms with Gasteiger partial charge in [0, 0.05) is 25.6 Å². The van der Waals surface area contributed by atoms with E-state index in [1.807, 2.05) is 6.07 Å². The van der Waals surface area contributed by atoms with Crippen molar-refractivity contribution in [2.24, 2.45) is 0 Å². The van der Waals surface area contributed by atoms with Crippen molar-refractivity contribution in [3.63, 3.8) is 0 Å². The van der Waals surface area contributed by atoms with Crippen LogP contribution in [0.4, 0.5) is 0 Å². The monoisotopic (exact) mass is 388 g/mol. The van der Waals surface area contributed by atoms with Crippen LogP contribution in [0.1, 0.15) is 11.5 Å². The van der Waals surface area contributed by atoms with Crippen molar-refractivity contribution in [2.75, 3.05) is 32.5 Å². The molecule has 2 atom stereocenters. The van der Waals surface area contributed by atoms with E-state index in [9.17, 15) is 8.42 Å². The molecule has 1 aromatic carbocycles. The number of hydrogen-bond donors (Lipinski definition) is 2. The Bertz CT molecular complexity index is 598. The molecule has 1 aliphatic heterocycles. The summed E-state index contributed by atoms with van der Waals surface area (Å²) >= 11 is 12.0. The maximum Gasteiger partial charge on any atom is 0.208 e. The lowest BCUT2D eigenvalue weighted by atomic mass is 9.93. The van der Waals surface area contributed by atoms with Crippen LogP contribution in [0.2, 0.25) is 10.0 Å². The Kier molecular flexibility index (Phi) is 7.88. The third-order valence-electron chi connectivity index (χ3n) is 3.34. The van der Waals surface area contributed by atoms with Gasteiger partial charge in [-0.05, 0) is 17.7 Å². The molecule has 1 aliphatic rings. The van der Waals surface area contributed by atoms with Crippen LogP contribution >= 0.6 is 35.6 Å². The molecule has 126 valence electrons. The minimum Gasteiger partial charge on any atom is -0.375 e. The fourth-order valence-electron chi connectivity index (χ4n) is 2.30. The lowest BCUT2D eigenvalue weighted by Crippen LogP contribution is -2.38. The molecule has 0 aromatic heterocycles. The summed E-state index contributed by atoms with van der Waals surface area (Å²) in [6, 6.07) is 5.44. The zero-order chi connectivity index (χ0) is 15.5. The molecule has 0 bridgehead atoms. The van der Waals surface area contributed by atoms with E-state index in [4.69, 9.17) is 27.9 Å². The first-order valence-electron chi connectivity index (χ1n) is 6.59. The van der Waals surface area contributed by atoms with Crippen LogP contribution in [-0.4, -0.2) is 47.0 Å². The van der Waals surface area contributed by atoms with Crippen molar-refractivity contribution >= 4 is 45.6 Å². The molecule has 1 heterocycles. The smallest absolute Gasteiger partial charge is 0.208 e. The zero-order valence-corrected chi connectivity index (χ0v) is 15.2. The quantitative estimate of drug-likeness (QED) is 0.827. The second-order valence-corrected chi connectivity index (χ2v) is 7.66. The van der Waals surface area contributed by atoms with Gasteiger partial charge in [0.25, 0.3) is 0 Å². The lowest BCUT2D eigenvalue weighted by molar-refractivity contribution is 0.0560. The van der Waals surface area contributed by atoms with Crippen LogP contribution in [0.15, 0.2) is 18.2 Å². The highest BCUT2D eigenvalue weighted by atomic mass is 35.5. The van der Waals surface area contributed by atoms with Gasteiger partial charge in [0.1, 0.15) is 0 Å². The van der Waals surface area contributed by atoms with Crippen molar-refractivity contribution in [2.45, 2.75) is 12.0 Å². The first kappa shape index (κ1) is 20.0. The molecule has 1 saturated heterocycles. The van der Waals surface area contributed by atoms with Crippen LogP contribution in [0, 0.1) is 0 Å². The lowest BCUT2D eigenvalue weighted by Gasteiger charge is -2.25. The van der Waals surface area contributed by atoms with Crippen LogP contribution < -0.4 is 10.0 Å². The molecule has 2 N–H and O–H groups in total. The summed E-state index contributed by atoms with van der Waals surface area (Å²) in [5.74, 6) is -0.00323. The topological polar surface area (TPSA) is 67.4 Å². The Balaban J connectivity index is 0.00000242. The molecule has 0 amide bonds. The van der Waals surface area contributed by atoms with E-state index in [2.05, 4.69) is 10.0 Å². The normalized spacial score (nSPS) is 22.7. The van der Waals surface area contributed by atoms with Crippen LogP contribution in [0.25, 0.3) is 0 Å². The highest BCUT2D eigenvalue weighted by Crippen LogP contribution is 2.29. The second-order valence-electron chi connectivity index (χ2n) is 5.01. The van der Waals surface area contributed by atoms with Gasteiger partial charge in [-0.15, -0.1) is 12.4 Å². The predicted octanol–water partition coefficient (Wildman–Crippen LogP) is 2.04. The number of ether oxygens (including phenoxy) is 1. The predicted molar refractivity (Wildman–Crippen MR) is 91.9 cm³/mol. The SMILES string of the molecule is CS(=O)(=O)NCC1OCCNCC1c1ccc(Cl)c(Cl)c1.Cl. The van der Waals surface area contributed by atoms with Gasteiger partial charge in [-0.2, -0.15) is 0 Å². The first-order chi connectivity index (χ1) is 9.87. The molecule has 2 rings (SSSR count). The molecule has 5 nitrogen and oxygen atoms in total. The Labute approximate surface area is 147 Å². The molecule has 9 heteroatoms. The third kappa shape index (κ3) is 5.85. The maximum atomic E-state index is 11.3. The van der Waals surface area contributed by atoms with E-state index in [-0.39, 0.29) is 31.0 Å². The van der Waals surface area contributed by atoms with Crippen LogP contribution in [-0.2, 0) is 14.8 Å². The number of hydrogen-bond acceptors (Lipinski definition) is 4. The average molecular weight is 390 g/mol. The van der Waals surface area contributed by atoms with Crippen molar-refractivity contribution in [1.29, 1.82) is 0 Å². The number of benzene rings is 1. The standard InChI is InChI=1S/C13H18Cl2N2O3S.ClH/c1-21(18,19)17-8-13-10(7-16-4-5-20-13)9-2-3-11(14)12(15)6-9;/h2-3,6,10,13,16-17H,4-5,7-8H2,1H3;1H. The van der Waals surface area contributed by atoms with Gasteiger partial charge in [0.05, 0.1) is 29.0 Å². The summed E-state index contributed by atoms with van der Waals surface area (Å²) in [7, 11) is -3.25. The van der Waals surface area contributed by atoms with E-state index < -0.39 is 10.0 Å². The van der Waals surface area contributed by atoms with Crippen molar-refractivity contribution in [1.82, 2.24) is 10.0 Å². The van der Waals surface area contributed by atoms with E-state index in [0.29, 0.717) is 23.2 Å². The average Bonchev–Trinajstić information content (AvgIpc) is 2.64. The molecule has 0 aliphatic carbocycles. The largest absolute Gasteiger partial charge is 0.375 e. The van der Waals surface area contributed by atoms with Gasteiger partial charge >= 0.3 is 0 Å². The number of sulfonamides is 1. The maximum absolute atomic E-state index is 11.3. The van der Waals surface area contributed by atoms with Crippen molar-refractivity contribution in [3.05, 3.63) is 33.8 Å². The number of nitrogens with one attached hydrogen (secondary N) is 2. The fraction of sp³-hybridized carbons (Fsp3) is 0.538. The third-order valence-corrected chi connectivity index (χ3v) is 4.77. The fourth-order valence-corrected chi connectivity index (χ4v) is 3.07. The highest BCUT2D eigenvalue weighted by Gasteiger charge is 2.27. The summed E-state index contributed by atoms with van der Waals surface area (Å²) < 4.78 is 30.8. The first-order valence-corrected chi connectivity index (χ1v) is 9.23. The van der Waals surface area contributed by atoms with Crippen molar-refractivity contribution in [3.8, 4) is 0 Å². The molecule has 0 radical (unpaired) electrons. The summed E-state index contributed by atoms with van der Waals surface area (Å²) in [4.78, 5) is 0. The minimum absolute atomic E-state index is 0. The molecule has 0 spiro atoms. The molecule has 2 unspecified atom stereocenters. The molecular weight excluding hydrogens is 371 g/mol. The Hall–Kier alpha value is -0.0800. The Morgan fingerprint density at radius 3 is 2.73 bits per heavy atom. The summed E-state index contributed by atoms with van der Waals surface area (Å²) in [5.41, 5.74) is 0.971. The summed E-state index contributed by atoms with van der Waals surface area (Å²) in [6.45, 7) is 2.18. The molecular formula is C13H19Cl3N2O3S. The van der Waals surface area contributed by atoms with Gasteiger partial charge in [-0.1, -0.05) is 29.3 Å². The van der Waals surface area contributed by atoms with Gasteiger partial charge < -0.3 is 10.1 Å². The molecule has 22 heavy (non-hydrogen) atoms. The van der Waals surface area contributed by atoms with Gasteiger partial charge in [-0.25, -0.2) is 13.1 Å². The van der Waals surface area contributed by atoms with E-state index >= 15 is 0 Å². The van der Waals surface area contributed by atoms with Crippen molar-refractivity contribution < 1.29 is 13.2 Å². The molecule has 1 fully saturated rings. The minimum atomic E-state index is -3.25. The highest BCUT2D eigenvalue weighted by molar-refractivity contribution is 7.88. The zero-order valence-electron chi connectivity index (χ0n) is 12.0.